The van der Waals surface area contributed by atoms with Crippen LogP contribution in [0.5, 0.6) is 0 Å². The minimum atomic E-state index is -0.440. The first-order chi connectivity index (χ1) is 11.3. The fourth-order valence-corrected chi connectivity index (χ4v) is 1.87. The lowest BCUT2D eigenvalue weighted by Crippen LogP contribution is -2.36. The molecule has 2 heterocycles. The summed E-state index contributed by atoms with van der Waals surface area (Å²) in [5.41, 5.74) is 0.945. The Bertz CT molecular complexity index is 739. The maximum Gasteiger partial charge on any atom is 0.274 e. The zero-order valence-electron chi connectivity index (χ0n) is 13.9. The third-order valence-corrected chi connectivity index (χ3v) is 3.39. The number of aryl methyl sites for hydroxylation is 1. The molecule has 2 aromatic heterocycles. The van der Waals surface area contributed by atoms with Gasteiger partial charge in [-0.3, -0.25) is 14.7 Å². The maximum absolute atomic E-state index is 12.2. The molecule has 4 N–H and O–H groups in total. The molecule has 0 saturated carbocycles. The zero-order chi connectivity index (χ0) is 17.7. The van der Waals surface area contributed by atoms with Crippen LogP contribution in [0.4, 0.5) is 5.69 Å². The van der Waals surface area contributed by atoms with Crippen molar-refractivity contribution in [2.24, 2.45) is 5.41 Å². The third kappa shape index (κ3) is 4.39. The Morgan fingerprint density at radius 3 is 2.71 bits per heavy atom. The molecule has 2 rings (SSSR count). The number of aromatic amines is 1. The van der Waals surface area contributed by atoms with Gasteiger partial charge in [0, 0.05) is 24.3 Å². The van der Waals surface area contributed by atoms with Crippen LogP contribution < -0.4 is 10.6 Å². The monoisotopic (exact) mass is 331 g/mol. The van der Waals surface area contributed by atoms with Crippen LogP contribution in [-0.4, -0.2) is 45.3 Å². The Labute approximate surface area is 139 Å². The topological polar surface area (TPSA) is 120 Å². The number of anilines is 1. The number of hydrogen-bond donors (Lipinski definition) is 4. The van der Waals surface area contributed by atoms with Crippen LogP contribution in [0.1, 0.15) is 40.5 Å². The Hall–Kier alpha value is -2.74. The number of hydrogen-bond acceptors (Lipinski definition) is 5. The minimum Gasteiger partial charge on any atom is -0.396 e. The first-order valence-electron chi connectivity index (χ1n) is 7.50. The molecule has 0 aliphatic carbocycles. The summed E-state index contributed by atoms with van der Waals surface area (Å²) in [6, 6.07) is 5.11. The fourth-order valence-electron chi connectivity index (χ4n) is 1.87. The Morgan fingerprint density at radius 2 is 2.04 bits per heavy atom. The lowest BCUT2D eigenvalue weighted by Gasteiger charge is -2.21. The van der Waals surface area contributed by atoms with Crippen molar-refractivity contribution in [2.75, 3.05) is 18.5 Å². The van der Waals surface area contributed by atoms with Gasteiger partial charge in [0.2, 0.25) is 0 Å². The first-order valence-corrected chi connectivity index (χ1v) is 7.50. The van der Waals surface area contributed by atoms with Gasteiger partial charge >= 0.3 is 0 Å². The van der Waals surface area contributed by atoms with Crippen molar-refractivity contribution in [1.29, 1.82) is 0 Å². The number of aliphatic hydroxyl groups is 1. The highest BCUT2D eigenvalue weighted by atomic mass is 16.3. The molecule has 0 unspecified atom stereocenters. The van der Waals surface area contributed by atoms with Crippen molar-refractivity contribution in [3.05, 3.63) is 41.5 Å². The molecule has 0 aromatic carbocycles. The van der Waals surface area contributed by atoms with E-state index in [1.54, 1.807) is 25.1 Å². The van der Waals surface area contributed by atoms with E-state index in [4.69, 9.17) is 0 Å². The van der Waals surface area contributed by atoms with Crippen LogP contribution in [0.25, 0.3) is 0 Å². The molecule has 128 valence electrons. The van der Waals surface area contributed by atoms with Gasteiger partial charge in [0.15, 0.2) is 0 Å². The van der Waals surface area contributed by atoms with E-state index in [9.17, 15) is 14.7 Å². The predicted molar refractivity (Wildman–Crippen MR) is 88.7 cm³/mol. The SMILES string of the molecule is Cc1cccc(C(=O)Nc2cn[nH]c2C(=O)NCC(C)(C)CO)n1. The number of nitrogens with one attached hydrogen (secondary N) is 3. The second-order valence-corrected chi connectivity index (χ2v) is 6.28. The van der Waals surface area contributed by atoms with E-state index in [-0.39, 0.29) is 30.2 Å². The summed E-state index contributed by atoms with van der Waals surface area (Å²) in [6.45, 7) is 5.67. The maximum atomic E-state index is 12.2. The molecule has 2 amide bonds. The van der Waals surface area contributed by atoms with Gasteiger partial charge in [-0.15, -0.1) is 0 Å². The molecular formula is C16H21N5O3. The van der Waals surface area contributed by atoms with E-state index in [0.717, 1.165) is 5.69 Å². The van der Waals surface area contributed by atoms with Crippen molar-refractivity contribution in [2.45, 2.75) is 20.8 Å². The molecule has 0 aliphatic heterocycles. The highest BCUT2D eigenvalue weighted by Crippen LogP contribution is 2.15. The highest BCUT2D eigenvalue weighted by molar-refractivity contribution is 6.07. The summed E-state index contributed by atoms with van der Waals surface area (Å²) in [6.07, 6.45) is 1.36. The highest BCUT2D eigenvalue weighted by Gasteiger charge is 2.21. The number of aliphatic hydroxyl groups excluding tert-OH is 1. The number of carbonyl (C=O) groups excluding carboxylic acids is 2. The summed E-state index contributed by atoms with van der Waals surface area (Å²) in [4.78, 5) is 28.6. The molecule has 0 saturated heterocycles. The van der Waals surface area contributed by atoms with Crippen molar-refractivity contribution in [3.63, 3.8) is 0 Å². The van der Waals surface area contributed by atoms with E-state index < -0.39 is 17.2 Å². The van der Waals surface area contributed by atoms with Gasteiger partial charge in [0.25, 0.3) is 11.8 Å². The molecular weight excluding hydrogens is 310 g/mol. The average molecular weight is 331 g/mol. The summed E-state index contributed by atoms with van der Waals surface area (Å²) >= 11 is 0. The van der Waals surface area contributed by atoms with Gasteiger partial charge in [-0.1, -0.05) is 19.9 Å². The molecule has 8 heteroatoms. The van der Waals surface area contributed by atoms with Crippen LogP contribution in [0, 0.1) is 12.3 Å². The van der Waals surface area contributed by atoms with Crippen molar-refractivity contribution < 1.29 is 14.7 Å². The fraction of sp³-hybridized carbons (Fsp3) is 0.375. The van der Waals surface area contributed by atoms with Crippen LogP contribution in [0.3, 0.4) is 0 Å². The Balaban J connectivity index is 2.07. The van der Waals surface area contributed by atoms with E-state index in [1.165, 1.54) is 6.20 Å². The average Bonchev–Trinajstić information content (AvgIpc) is 3.01. The van der Waals surface area contributed by atoms with Gasteiger partial charge in [-0.2, -0.15) is 5.10 Å². The predicted octanol–water partition coefficient (Wildman–Crippen LogP) is 1.11. The number of nitrogens with zero attached hydrogens (tertiary/aromatic N) is 2. The number of amides is 2. The standard InChI is InChI=1S/C16H21N5O3/c1-10-5-4-6-11(19-10)14(23)20-12-7-18-21-13(12)15(24)17-8-16(2,3)9-22/h4-7,22H,8-9H2,1-3H3,(H,17,24)(H,18,21)(H,20,23). The Kier molecular flexibility index (Phi) is 5.30. The van der Waals surface area contributed by atoms with Gasteiger partial charge in [0.1, 0.15) is 11.4 Å². The second-order valence-electron chi connectivity index (χ2n) is 6.28. The largest absolute Gasteiger partial charge is 0.396 e. The van der Waals surface area contributed by atoms with Crippen molar-refractivity contribution in [1.82, 2.24) is 20.5 Å². The number of aromatic nitrogens is 3. The quantitative estimate of drug-likeness (QED) is 0.632. The number of pyridine rings is 1. The van der Waals surface area contributed by atoms with E-state index in [0.29, 0.717) is 0 Å². The summed E-state index contributed by atoms with van der Waals surface area (Å²) in [5, 5.41) is 20.9. The Morgan fingerprint density at radius 1 is 1.29 bits per heavy atom. The van der Waals surface area contributed by atoms with Crippen LogP contribution in [0.15, 0.2) is 24.4 Å². The van der Waals surface area contributed by atoms with Gasteiger partial charge in [0.05, 0.1) is 11.9 Å². The number of carbonyl (C=O) groups is 2. The summed E-state index contributed by atoms with van der Waals surface area (Å²) < 4.78 is 0. The molecule has 0 spiro atoms. The van der Waals surface area contributed by atoms with Crippen molar-refractivity contribution >= 4 is 17.5 Å². The number of H-pyrrole nitrogens is 1. The molecule has 0 aliphatic rings. The van der Waals surface area contributed by atoms with E-state index in [1.807, 2.05) is 13.8 Å². The molecule has 24 heavy (non-hydrogen) atoms. The molecule has 0 atom stereocenters. The molecule has 8 nitrogen and oxygen atoms in total. The van der Waals surface area contributed by atoms with E-state index in [2.05, 4.69) is 25.8 Å². The van der Waals surface area contributed by atoms with Crippen molar-refractivity contribution in [3.8, 4) is 0 Å². The molecule has 0 bridgehead atoms. The number of rotatable bonds is 6. The third-order valence-electron chi connectivity index (χ3n) is 3.39. The normalized spacial score (nSPS) is 11.2. The minimum absolute atomic E-state index is 0.0567. The smallest absolute Gasteiger partial charge is 0.274 e. The van der Waals surface area contributed by atoms with Gasteiger partial charge in [-0.05, 0) is 19.1 Å². The van der Waals surface area contributed by atoms with Crippen LogP contribution in [-0.2, 0) is 0 Å². The first kappa shape index (κ1) is 17.6. The summed E-state index contributed by atoms with van der Waals surface area (Å²) in [5.74, 6) is -0.841. The van der Waals surface area contributed by atoms with Crippen LogP contribution >= 0.6 is 0 Å². The molecule has 0 fully saturated rings. The second kappa shape index (κ2) is 7.22. The van der Waals surface area contributed by atoms with Gasteiger partial charge < -0.3 is 15.7 Å². The summed E-state index contributed by atoms with van der Waals surface area (Å²) in [7, 11) is 0. The molecule has 0 radical (unpaired) electrons. The lowest BCUT2D eigenvalue weighted by molar-refractivity contribution is 0.0907. The van der Waals surface area contributed by atoms with Gasteiger partial charge in [-0.25, -0.2) is 4.98 Å². The lowest BCUT2D eigenvalue weighted by atomic mass is 9.95. The van der Waals surface area contributed by atoms with E-state index >= 15 is 0 Å². The molecule has 2 aromatic rings. The van der Waals surface area contributed by atoms with Crippen LogP contribution in [0.2, 0.25) is 0 Å². The zero-order valence-corrected chi connectivity index (χ0v) is 13.9.